The molecule has 3 heteroatoms. The molecular formula is C13H16N2S. The van der Waals surface area contributed by atoms with Crippen molar-refractivity contribution in [1.29, 1.82) is 0 Å². The molecule has 2 rings (SSSR count). The van der Waals surface area contributed by atoms with E-state index in [2.05, 4.69) is 41.5 Å². The highest BCUT2D eigenvalue weighted by Crippen LogP contribution is 2.24. The van der Waals surface area contributed by atoms with Crippen molar-refractivity contribution in [2.45, 2.75) is 19.4 Å². The lowest BCUT2D eigenvalue weighted by Crippen LogP contribution is -2.16. The van der Waals surface area contributed by atoms with Crippen molar-refractivity contribution in [1.82, 2.24) is 10.3 Å². The summed E-state index contributed by atoms with van der Waals surface area (Å²) in [6.45, 7) is 2.17. The molecule has 1 unspecified atom stereocenters. The van der Waals surface area contributed by atoms with E-state index in [0.29, 0.717) is 0 Å². The number of aryl methyl sites for hydroxylation is 1. The second-order valence-corrected chi connectivity index (χ2v) is 4.64. The average Bonchev–Trinajstić information content (AvgIpc) is 2.85. The number of hydrogen-bond acceptors (Lipinski definition) is 3. The number of benzene rings is 1. The van der Waals surface area contributed by atoms with E-state index >= 15 is 0 Å². The van der Waals surface area contributed by atoms with Gasteiger partial charge in [-0.3, -0.25) is 4.98 Å². The summed E-state index contributed by atoms with van der Waals surface area (Å²) in [6.07, 6.45) is 3.02. The topological polar surface area (TPSA) is 24.9 Å². The Labute approximate surface area is 100 Å². The summed E-state index contributed by atoms with van der Waals surface area (Å²) in [6, 6.07) is 9.04. The van der Waals surface area contributed by atoms with Gasteiger partial charge in [0, 0.05) is 11.1 Å². The molecule has 0 amide bonds. The molecule has 1 N–H and O–H groups in total. The SMILES string of the molecule is CCc1ccc(C(NC)c2cncs2)cc1. The molecule has 1 aromatic carbocycles. The number of nitrogens with one attached hydrogen (secondary N) is 1. The van der Waals surface area contributed by atoms with Gasteiger partial charge < -0.3 is 5.32 Å². The molecule has 0 saturated carbocycles. The molecule has 2 nitrogen and oxygen atoms in total. The van der Waals surface area contributed by atoms with Crippen LogP contribution >= 0.6 is 11.3 Å². The Morgan fingerprint density at radius 1 is 1.31 bits per heavy atom. The molecule has 1 aromatic heterocycles. The van der Waals surface area contributed by atoms with Gasteiger partial charge in [-0.15, -0.1) is 11.3 Å². The van der Waals surface area contributed by atoms with Crippen LogP contribution in [0.4, 0.5) is 0 Å². The Kier molecular flexibility index (Phi) is 3.70. The average molecular weight is 232 g/mol. The van der Waals surface area contributed by atoms with E-state index in [9.17, 15) is 0 Å². The molecule has 0 fully saturated rings. The van der Waals surface area contributed by atoms with Crippen molar-refractivity contribution in [3.8, 4) is 0 Å². The highest BCUT2D eigenvalue weighted by atomic mass is 32.1. The zero-order chi connectivity index (χ0) is 11.4. The van der Waals surface area contributed by atoms with Crippen LogP contribution in [-0.4, -0.2) is 12.0 Å². The molecule has 2 aromatic rings. The monoisotopic (exact) mass is 232 g/mol. The van der Waals surface area contributed by atoms with Gasteiger partial charge in [0.1, 0.15) is 0 Å². The largest absolute Gasteiger partial charge is 0.309 e. The summed E-state index contributed by atoms with van der Waals surface area (Å²) < 4.78 is 0. The molecular weight excluding hydrogens is 216 g/mol. The van der Waals surface area contributed by atoms with E-state index < -0.39 is 0 Å². The molecule has 0 bridgehead atoms. The van der Waals surface area contributed by atoms with Gasteiger partial charge in [0.15, 0.2) is 0 Å². The van der Waals surface area contributed by atoms with Crippen molar-refractivity contribution in [3.05, 3.63) is 52.0 Å². The Morgan fingerprint density at radius 2 is 2.06 bits per heavy atom. The van der Waals surface area contributed by atoms with Crippen LogP contribution in [0, 0.1) is 0 Å². The van der Waals surface area contributed by atoms with Crippen LogP contribution in [0.3, 0.4) is 0 Å². The van der Waals surface area contributed by atoms with Crippen LogP contribution in [0.15, 0.2) is 36.0 Å². The van der Waals surface area contributed by atoms with Crippen LogP contribution < -0.4 is 5.32 Å². The maximum absolute atomic E-state index is 4.13. The smallest absolute Gasteiger partial charge is 0.0794 e. The van der Waals surface area contributed by atoms with Gasteiger partial charge in [-0.2, -0.15) is 0 Å². The summed E-state index contributed by atoms with van der Waals surface area (Å²) in [4.78, 5) is 5.39. The highest BCUT2D eigenvalue weighted by Gasteiger charge is 2.12. The lowest BCUT2D eigenvalue weighted by Gasteiger charge is -2.14. The van der Waals surface area contributed by atoms with E-state index in [0.717, 1.165) is 6.42 Å². The first-order valence-electron chi connectivity index (χ1n) is 5.49. The summed E-state index contributed by atoms with van der Waals surface area (Å²) in [5, 5.41) is 3.33. The number of hydrogen-bond donors (Lipinski definition) is 1. The Bertz CT molecular complexity index is 420. The third-order valence-corrected chi connectivity index (χ3v) is 3.59. The number of thiazole rings is 1. The van der Waals surface area contributed by atoms with Crippen LogP contribution in [-0.2, 0) is 6.42 Å². The molecule has 0 aliphatic rings. The summed E-state index contributed by atoms with van der Waals surface area (Å²) in [5.74, 6) is 0. The Hall–Kier alpha value is -1.19. The highest BCUT2D eigenvalue weighted by molar-refractivity contribution is 7.09. The summed E-state index contributed by atoms with van der Waals surface area (Å²) >= 11 is 1.69. The fraction of sp³-hybridized carbons (Fsp3) is 0.308. The molecule has 84 valence electrons. The Balaban J connectivity index is 2.27. The second kappa shape index (κ2) is 5.23. The minimum atomic E-state index is 0.262. The molecule has 0 aliphatic heterocycles. The quantitative estimate of drug-likeness (QED) is 0.876. The van der Waals surface area contributed by atoms with Crippen molar-refractivity contribution < 1.29 is 0 Å². The third-order valence-electron chi connectivity index (χ3n) is 2.75. The first kappa shape index (κ1) is 11.3. The lowest BCUT2D eigenvalue weighted by atomic mass is 10.0. The molecule has 1 atom stereocenters. The molecule has 0 aliphatic carbocycles. The number of aromatic nitrogens is 1. The zero-order valence-corrected chi connectivity index (χ0v) is 10.4. The molecule has 0 radical (unpaired) electrons. The van der Waals surface area contributed by atoms with Crippen LogP contribution in [0.5, 0.6) is 0 Å². The molecule has 0 saturated heterocycles. The maximum atomic E-state index is 4.13. The van der Waals surface area contributed by atoms with Gasteiger partial charge in [0.05, 0.1) is 11.6 Å². The fourth-order valence-corrected chi connectivity index (χ4v) is 2.54. The van der Waals surface area contributed by atoms with E-state index in [1.54, 1.807) is 11.3 Å². The lowest BCUT2D eigenvalue weighted by molar-refractivity contribution is 0.702. The van der Waals surface area contributed by atoms with Crippen molar-refractivity contribution in [2.75, 3.05) is 7.05 Å². The zero-order valence-electron chi connectivity index (χ0n) is 9.60. The first-order chi connectivity index (χ1) is 7.85. The minimum absolute atomic E-state index is 0.262. The van der Waals surface area contributed by atoms with E-state index in [1.807, 2.05) is 18.8 Å². The van der Waals surface area contributed by atoms with Crippen LogP contribution in [0.2, 0.25) is 0 Å². The van der Waals surface area contributed by atoms with Gasteiger partial charge in [-0.1, -0.05) is 31.2 Å². The standard InChI is InChI=1S/C13H16N2S/c1-3-10-4-6-11(7-5-10)13(14-2)12-8-15-9-16-12/h4-9,13-14H,3H2,1-2H3. The third kappa shape index (κ3) is 2.31. The van der Waals surface area contributed by atoms with Crippen LogP contribution in [0.25, 0.3) is 0 Å². The van der Waals surface area contributed by atoms with Gasteiger partial charge in [-0.05, 0) is 24.6 Å². The second-order valence-electron chi connectivity index (χ2n) is 3.72. The van der Waals surface area contributed by atoms with Crippen LogP contribution in [0.1, 0.15) is 29.0 Å². The van der Waals surface area contributed by atoms with E-state index in [4.69, 9.17) is 0 Å². The molecule has 0 spiro atoms. The molecule has 16 heavy (non-hydrogen) atoms. The van der Waals surface area contributed by atoms with Crippen molar-refractivity contribution in [3.63, 3.8) is 0 Å². The summed E-state index contributed by atoms with van der Waals surface area (Å²) in [7, 11) is 1.98. The van der Waals surface area contributed by atoms with E-state index in [1.165, 1.54) is 16.0 Å². The first-order valence-corrected chi connectivity index (χ1v) is 6.37. The van der Waals surface area contributed by atoms with Crippen molar-refractivity contribution in [2.24, 2.45) is 0 Å². The normalized spacial score (nSPS) is 12.6. The predicted molar refractivity (Wildman–Crippen MR) is 68.8 cm³/mol. The van der Waals surface area contributed by atoms with Gasteiger partial charge in [-0.25, -0.2) is 0 Å². The maximum Gasteiger partial charge on any atom is 0.0794 e. The molecule has 1 heterocycles. The fourth-order valence-electron chi connectivity index (χ4n) is 1.79. The Morgan fingerprint density at radius 3 is 2.56 bits per heavy atom. The van der Waals surface area contributed by atoms with Gasteiger partial charge in [0.2, 0.25) is 0 Å². The predicted octanol–water partition coefficient (Wildman–Crippen LogP) is 3.01. The van der Waals surface area contributed by atoms with E-state index in [-0.39, 0.29) is 6.04 Å². The number of rotatable bonds is 4. The van der Waals surface area contributed by atoms with Gasteiger partial charge in [0.25, 0.3) is 0 Å². The van der Waals surface area contributed by atoms with Gasteiger partial charge >= 0.3 is 0 Å². The summed E-state index contributed by atoms with van der Waals surface area (Å²) in [5.41, 5.74) is 4.55. The number of nitrogens with zero attached hydrogens (tertiary/aromatic N) is 1. The minimum Gasteiger partial charge on any atom is -0.309 e. The van der Waals surface area contributed by atoms with Crippen molar-refractivity contribution >= 4 is 11.3 Å².